The molecule has 0 N–H and O–H groups in total. The average molecular weight is 315 g/mol. The summed E-state index contributed by atoms with van der Waals surface area (Å²) in [4.78, 5) is 23.5. The highest BCUT2D eigenvalue weighted by atomic mass is 35.5. The number of carbonyl (C=O) groups excluding carboxylic acids is 2. The zero-order valence-electron chi connectivity index (χ0n) is 10.7. The van der Waals surface area contributed by atoms with E-state index >= 15 is 0 Å². The van der Waals surface area contributed by atoms with Gasteiger partial charge in [-0.3, -0.25) is 4.79 Å². The molecule has 0 atom stereocenters. The maximum atomic E-state index is 11.9. The molecule has 1 fully saturated rings. The number of ether oxygens (including phenoxy) is 2. The van der Waals surface area contributed by atoms with Gasteiger partial charge in [-0.2, -0.15) is 0 Å². The van der Waals surface area contributed by atoms with Gasteiger partial charge in [-0.15, -0.1) is 0 Å². The first-order valence-corrected chi connectivity index (χ1v) is 6.70. The van der Waals surface area contributed by atoms with Crippen LogP contribution in [-0.4, -0.2) is 31.1 Å². The normalized spacial score (nSPS) is 15.7. The fourth-order valence-corrected chi connectivity index (χ4v) is 1.95. The van der Waals surface area contributed by atoms with E-state index in [0.717, 1.165) is 0 Å². The molecule has 0 aliphatic carbocycles. The van der Waals surface area contributed by atoms with Crippen molar-refractivity contribution >= 4 is 41.0 Å². The fraction of sp³-hybridized carbons (Fsp3) is 0.286. The number of hydrogen-bond acceptors (Lipinski definition) is 4. The highest BCUT2D eigenvalue weighted by Crippen LogP contribution is 2.27. The summed E-state index contributed by atoms with van der Waals surface area (Å²) in [6.07, 6.45) is 1.10. The highest BCUT2D eigenvalue weighted by Gasteiger charge is 2.26. The molecule has 4 nitrogen and oxygen atoms in total. The summed E-state index contributed by atoms with van der Waals surface area (Å²) in [6, 6.07) is 4.97. The minimum atomic E-state index is -0.679. The second kappa shape index (κ2) is 6.39. The third kappa shape index (κ3) is 3.39. The van der Waals surface area contributed by atoms with Crippen LogP contribution in [0.5, 0.6) is 0 Å². The van der Waals surface area contributed by atoms with Gasteiger partial charge in [0.2, 0.25) is 0 Å². The molecule has 1 aromatic rings. The number of hydrogen-bond donors (Lipinski definition) is 0. The molecule has 0 amide bonds. The third-order valence-corrected chi connectivity index (χ3v) is 3.60. The molecule has 0 saturated carbocycles. The first-order valence-electron chi connectivity index (χ1n) is 5.94. The Hall–Kier alpha value is -1.36. The highest BCUT2D eigenvalue weighted by molar-refractivity contribution is 6.43. The van der Waals surface area contributed by atoms with Gasteiger partial charge >= 0.3 is 5.97 Å². The molecule has 1 saturated heterocycles. The Kier molecular flexibility index (Phi) is 4.81. The maximum absolute atomic E-state index is 11.9. The summed E-state index contributed by atoms with van der Waals surface area (Å²) in [5, 5.41) is 0.636. The van der Waals surface area contributed by atoms with Crippen molar-refractivity contribution in [3.8, 4) is 0 Å². The molecule has 0 unspecified atom stereocenters. The van der Waals surface area contributed by atoms with Crippen LogP contribution in [0.2, 0.25) is 10.0 Å². The molecular formula is C14H12Cl2O4. The molecular weight excluding hydrogens is 303 g/mol. The number of rotatable bonds is 4. The Morgan fingerprint density at radius 1 is 1.35 bits per heavy atom. The Morgan fingerprint density at radius 2 is 2.05 bits per heavy atom. The van der Waals surface area contributed by atoms with E-state index in [2.05, 4.69) is 0 Å². The van der Waals surface area contributed by atoms with Gasteiger partial charge < -0.3 is 9.47 Å². The molecule has 0 bridgehead atoms. The topological polar surface area (TPSA) is 52.6 Å². The van der Waals surface area contributed by atoms with Gasteiger partial charge in [0.25, 0.3) is 0 Å². The smallest absolute Gasteiger partial charge is 0.342 e. The predicted molar refractivity (Wildman–Crippen MR) is 75.8 cm³/mol. The van der Waals surface area contributed by atoms with Crippen molar-refractivity contribution in [1.29, 1.82) is 0 Å². The fourth-order valence-electron chi connectivity index (χ4n) is 1.59. The van der Waals surface area contributed by atoms with Crippen LogP contribution < -0.4 is 0 Å². The standard InChI is InChI=1S/C14H12Cl2O4/c1-8(17)11(14(18)20-10-6-19-7-10)5-9-3-2-4-12(15)13(9)16/h2-5,10H,6-7H2,1H3. The quantitative estimate of drug-likeness (QED) is 0.371. The molecule has 1 aromatic carbocycles. The summed E-state index contributed by atoms with van der Waals surface area (Å²) < 4.78 is 10.0. The first kappa shape index (κ1) is 15.0. The van der Waals surface area contributed by atoms with Crippen molar-refractivity contribution < 1.29 is 19.1 Å². The van der Waals surface area contributed by atoms with Crippen molar-refractivity contribution in [2.75, 3.05) is 13.2 Å². The summed E-state index contributed by atoms with van der Waals surface area (Å²) in [6.45, 7) is 2.01. The molecule has 2 rings (SSSR count). The van der Waals surface area contributed by atoms with Crippen molar-refractivity contribution in [2.45, 2.75) is 13.0 Å². The molecule has 0 spiro atoms. The Balaban J connectivity index is 2.27. The van der Waals surface area contributed by atoms with Gasteiger partial charge in [-0.25, -0.2) is 4.79 Å². The monoisotopic (exact) mass is 314 g/mol. The molecule has 6 heteroatoms. The van der Waals surface area contributed by atoms with Crippen molar-refractivity contribution in [3.05, 3.63) is 39.4 Å². The first-order chi connectivity index (χ1) is 9.49. The van der Waals surface area contributed by atoms with Crippen LogP contribution in [0.15, 0.2) is 23.8 Å². The summed E-state index contributed by atoms with van der Waals surface area (Å²) >= 11 is 11.9. The van der Waals surface area contributed by atoms with E-state index in [1.54, 1.807) is 18.2 Å². The molecule has 106 valence electrons. The van der Waals surface area contributed by atoms with Gasteiger partial charge in [0.1, 0.15) is 11.7 Å². The van der Waals surface area contributed by atoms with Gasteiger partial charge in [0.15, 0.2) is 5.78 Å². The molecule has 0 radical (unpaired) electrons. The van der Waals surface area contributed by atoms with E-state index in [1.807, 2.05) is 0 Å². The largest absolute Gasteiger partial charge is 0.454 e. The van der Waals surface area contributed by atoms with E-state index in [9.17, 15) is 9.59 Å². The lowest BCUT2D eigenvalue weighted by Crippen LogP contribution is -2.38. The average Bonchev–Trinajstić information content (AvgIpc) is 2.35. The van der Waals surface area contributed by atoms with Gasteiger partial charge in [0.05, 0.1) is 23.3 Å². The lowest BCUT2D eigenvalue weighted by atomic mass is 10.1. The molecule has 1 aliphatic heterocycles. The van der Waals surface area contributed by atoms with Crippen LogP contribution in [0.3, 0.4) is 0 Å². The van der Waals surface area contributed by atoms with E-state index in [1.165, 1.54) is 13.0 Å². The zero-order valence-corrected chi connectivity index (χ0v) is 12.2. The second-order valence-corrected chi connectivity index (χ2v) is 5.11. The van der Waals surface area contributed by atoms with Crippen LogP contribution in [0, 0.1) is 0 Å². The van der Waals surface area contributed by atoms with Crippen LogP contribution in [-0.2, 0) is 19.1 Å². The number of carbonyl (C=O) groups is 2. The number of ketones is 1. The molecule has 20 heavy (non-hydrogen) atoms. The zero-order chi connectivity index (χ0) is 14.7. The van der Waals surface area contributed by atoms with Crippen molar-refractivity contribution in [2.24, 2.45) is 0 Å². The number of halogens is 2. The van der Waals surface area contributed by atoms with Crippen LogP contribution >= 0.6 is 23.2 Å². The third-order valence-electron chi connectivity index (χ3n) is 2.76. The Morgan fingerprint density at radius 3 is 2.60 bits per heavy atom. The Labute approximate surface area is 126 Å². The summed E-state index contributed by atoms with van der Waals surface area (Å²) in [5.74, 6) is -1.08. The SMILES string of the molecule is CC(=O)C(=Cc1cccc(Cl)c1Cl)C(=O)OC1COC1. The van der Waals surface area contributed by atoms with E-state index < -0.39 is 11.8 Å². The second-order valence-electron chi connectivity index (χ2n) is 4.32. The predicted octanol–water partition coefficient (Wildman–Crippen LogP) is 2.91. The van der Waals surface area contributed by atoms with E-state index in [-0.39, 0.29) is 16.7 Å². The summed E-state index contributed by atoms with van der Waals surface area (Å²) in [7, 11) is 0. The van der Waals surface area contributed by atoms with Crippen molar-refractivity contribution in [1.82, 2.24) is 0 Å². The molecule has 1 heterocycles. The van der Waals surface area contributed by atoms with Gasteiger partial charge in [-0.1, -0.05) is 35.3 Å². The number of Topliss-reactive ketones (excluding diaryl/α,β-unsaturated/α-hetero) is 1. The van der Waals surface area contributed by atoms with Crippen LogP contribution in [0.1, 0.15) is 12.5 Å². The molecule has 0 aromatic heterocycles. The minimum absolute atomic E-state index is 0.0685. The van der Waals surface area contributed by atoms with Crippen molar-refractivity contribution in [3.63, 3.8) is 0 Å². The maximum Gasteiger partial charge on any atom is 0.342 e. The number of benzene rings is 1. The lowest BCUT2D eigenvalue weighted by Gasteiger charge is -2.25. The van der Waals surface area contributed by atoms with E-state index in [4.69, 9.17) is 32.7 Å². The van der Waals surface area contributed by atoms with E-state index in [0.29, 0.717) is 23.8 Å². The number of esters is 1. The van der Waals surface area contributed by atoms with Crippen LogP contribution in [0.4, 0.5) is 0 Å². The van der Waals surface area contributed by atoms with Crippen LogP contribution in [0.25, 0.3) is 6.08 Å². The summed E-state index contributed by atoms with van der Waals surface area (Å²) in [5.41, 5.74) is 0.423. The van der Waals surface area contributed by atoms with Gasteiger partial charge in [-0.05, 0) is 24.6 Å². The minimum Gasteiger partial charge on any atom is -0.454 e. The lowest BCUT2D eigenvalue weighted by molar-refractivity contribution is -0.167. The molecule has 1 aliphatic rings. The Bertz CT molecular complexity index is 577. The van der Waals surface area contributed by atoms with Gasteiger partial charge in [0, 0.05) is 0 Å².